The highest BCUT2D eigenvalue weighted by Crippen LogP contribution is 2.51. The summed E-state index contributed by atoms with van der Waals surface area (Å²) in [6.07, 6.45) is -5.52. The number of rotatable bonds is 11. The molecular weight excluding hydrogens is 656 g/mol. The Bertz CT molecular complexity index is 1690. The van der Waals surface area contributed by atoms with E-state index in [1.54, 1.807) is 36.4 Å². The van der Waals surface area contributed by atoms with Crippen molar-refractivity contribution in [3.63, 3.8) is 0 Å². The van der Waals surface area contributed by atoms with Gasteiger partial charge in [-0.25, -0.2) is 4.79 Å². The minimum atomic E-state index is -1.67. The van der Waals surface area contributed by atoms with Crippen LogP contribution in [0.3, 0.4) is 0 Å². The Labute approximate surface area is 287 Å². The maximum Gasteiger partial charge on any atom is 0.330 e. The summed E-state index contributed by atoms with van der Waals surface area (Å²) in [5.74, 6) is 0.440. The number of aliphatic hydroxyl groups is 3. The van der Waals surface area contributed by atoms with Crippen molar-refractivity contribution in [2.24, 2.45) is 11.8 Å². The first-order valence-electron chi connectivity index (χ1n) is 16.0. The fraction of sp³-hybridized carbons (Fsp3) is 0.417. The van der Waals surface area contributed by atoms with Crippen molar-refractivity contribution in [2.75, 3.05) is 41.2 Å². The summed E-state index contributed by atoms with van der Waals surface area (Å²) in [4.78, 5) is 12.4. The maximum absolute atomic E-state index is 12.4. The number of phenols is 2. The average molecular weight is 697 g/mol. The van der Waals surface area contributed by atoms with Crippen LogP contribution in [0.25, 0.3) is 6.08 Å². The van der Waals surface area contributed by atoms with Gasteiger partial charge in [0.25, 0.3) is 0 Å². The molecule has 0 bridgehead atoms. The third kappa shape index (κ3) is 7.17. The van der Waals surface area contributed by atoms with E-state index in [1.165, 1.54) is 39.5 Å². The lowest BCUT2D eigenvalue weighted by Gasteiger charge is -2.40. The zero-order valence-electron chi connectivity index (χ0n) is 27.6. The van der Waals surface area contributed by atoms with Gasteiger partial charge in [-0.15, -0.1) is 0 Å². The molecule has 6 rings (SSSR count). The van der Waals surface area contributed by atoms with E-state index in [0.29, 0.717) is 30.3 Å². The number of fused-ring (bicyclic) bond motifs is 1. The minimum absolute atomic E-state index is 0.0404. The van der Waals surface area contributed by atoms with Crippen molar-refractivity contribution in [3.05, 3.63) is 77.4 Å². The zero-order valence-corrected chi connectivity index (χ0v) is 27.6. The van der Waals surface area contributed by atoms with Gasteiger partial charge in [-0.3, -0.25) is 0 Å². The second kappa shape index (κ2) is 15.1. The summed E-state index contributed by atoms with van der Waals surface area (Å²) in [6, 6.07) is 14.9. The number of aromatic hydroxyl groups is 2. The molecule has 50 heavy (non-hydrogen) atoms. The molecule has 3 aromatic carbocycles. The van der Waals surface area contributed by atoms with Crippen LogP contribution in [0.4, 0.5) is 0 Å². The lowest BCUT2D eigenvalue weighted by atomic mass is 9.85. The lowest BCUT2D eigenvalue weighted by Crippen LogP contribution is -2.60. The van der Waals surface area contributed by atoms with Crippen LogP contribution >= 0.6 is 0 Å². The summed E-state index contributed by atoms with van der Waals surface area (Å²) >= 11 is 0. The van der Waals surface area contributed by atoms with Crippen LogP contribution in [0.2, 0.25) is 0 Å². The van der Waals surface area contributed by atoms with Crippen molar-refractivity contribution in [2.45, 2.75) is 42.9 Å². The number of benzene rings is 3. The Morgan fingerprint density at radius 2 is 1.32 bits per heavy atom. The number of hydrogen-bond acceptors (Lipinski definition) is 14. The number of methoxy groups -OCH3 is 3. The number of phenolic OH excluding ortho intramolecular Hbond substituents is 2. The Kier molecular flexibility index (Phi) is 10.7. The van der Waals surface area contributed by atoms with Gasteiger partial charge in [-0.1, -0.05) is 18.2 Å². The molecule has 14 heteroatoms. The van der Waals surface area contributed by atoms with Crippen LogP contribution in [-0.4, -0.2) is 103 Å². The first-order valence-corrected chi connectivity index (χ1v) is 16.0. The standard InChI is InChI=1S/C36H40O14/c1-43-26-12-18(4-8-23(26)37)5-11-30(39)46-17-29-31(40)32(41)33(42)36(50-29)49-25-10-7-20(14-28(25)45-3)35-22-16-47-34(21(22)15-48-35)19-6-9-24(38)27(13-19)44-2/h4-14,21-22,29,31-38,40-42H,15-17H2,1-3H3. The SMILES string of the molecule is COc1cc(C=CC(=O)OCC2OC(Oc3ccc(C4OCC5C(c6ccc(O)c(OC)c6)OCC45)cc3OC)C(O)C(O)C2O)ccc1O. The molecule has 3 aliphatic heterocycles. The van der Waals surface area contributed by atoms with Gasteiger partial charge in [-0.2, -0.15) is 0 Å². The van der Waals surface area contributed by atoms with E-state index >= 15 is 0 Å². The van der Waals surface area contributed by atoms with Crippen LogP contribution in [0.5, 0.6) is 34.5 Å². The van der Waals surface area contributed by atoms with Crippen LogP contribution in [0.1, 0.15) is 28.9 Å². The smallest absolute Gasteiger partial charge is 0.330 e. The van der Waals surface area contributed by atoms with Crippen molar-refractivity contribution < 1.29 is 68.2 Å². The highest BCUT2D eigenvalue weighted by atomic mass is 16.7. The van der Waals surface area contributed by atoms with Crippen LogP contribution < -0.4 is 18.9 Å². The molecule has 0 saturated carbocycles. The molecule has 3 aromatic rings. The number of carbonyl (C=O) groups excluding carboxylic acids is 1. The molecule has 0 spiro atoms. The number of carbonyl (C=O) groups is 1. The molecular formula is C36H40O14. The molecule has 268 valence electrons. The topological polar surface area (TPSA) is 192 Å². The first kappa shape index (κ1) is 35.3. The predicted molar refractivity (Wildman–Crippen MR) is 174 cm³/mol. The molecule has 5 N–H and O–H groups in total. The van der Waals surface area contributed by atoms with Gasteiger partial charge in [0.15, 0.2) is 34.5 Å². The van der Waals surface area contributed by atoms with Gasteiger partial charge >= 0.3 is 5.97 Å². The summed E-state index contributed by atoms with van der Waals surface area (Å²) < 4.78 is 45.3. The summed E-state index contributed by atoms with van der Waals surface area (Å²) in [7, 11) is 4.35. The fourth-order valence-corrected chi connectivity index (χ4v) is 6.52. The van der Waals surface area contributed by atoms with E-state index in [0.717, 1.165) is 17.2 Å². The second-order valence-corrected chi connectivity index (χ2v) is 12.2. The Hall–Kier alpha value is -4.57. The molecule has 0 amide bonds. The van der Waals surface area contributed by atoms with Crippen molar-refractivity contribution in [1.82, 2.24) is 0 Å². The van der Waals surface area contributed by atoms with Crippen molar-refractivity contribution in [1.29, 1.82) is 0 Å². The number of ether oxygens (including phenoxy) is 8. The van der Waals surface area contributed by atoms with E-state index in [-0.39, 0.29) is 47.0 Å². The molecule has 3 heterocycles. The number of esters is 1. The Morgan fingerprint density at radius 1 is 0.740 bits per heavy atom. The van der Waals surface area contributed by atoms with Gasteiger partial charge < -0.3 is 63.4 Å². The van der Waals surface area contributed by atoms with E-state index in [2.05, 4.69) is 0 Å². The molecule has 9 atom stereocenters. The molecule has 9 unspecified atom stereocenters. The Morgan fingerprint density at radius 3 is 1.96 bits per heavy atom. The zero-order chi connectivity index (χ0) is 35.5. The lowest BCUT2D eigenvalue weighted by molar-refractivity contribution is -0.278. The highest BCUT2D eigenvalue weighted by molar-refractivity contribution is 5.87. The molecule has 3 fully saturated rings. The van der Waals surface area contributed by atoms with Gasteiger partial charge in [0.05, 0.1) is 46.8 Å². The quantitative estimate of drug-likeness (QED) is 0.145. The van der Waals surface area contributed by atoms with Gasteiger partial charge in [0, 0.05) is 17.9 Å². The van der Waals surface area contributed by atoms with Crippen LogP contribution in [0.15, 0.2) is 60.7 Å². The molecule has 0 radical (unpaired) electrons. The monoisotopic (exact) mass is 696 g/mol. The van der Waals surface area contributed by atoms with E-state index in [1.807, 2.05) is 6.07 Å². The molecule has 0 aliphatic carbocycles. The summed E-state index contributed by atoms with van der Waals surface area (Å²) in [6.45, 7) is 0.462. The fourth-order valence-electron chi connectivity index (χ4n) is 6.52. The highest BCUT2D eigenvalue weighted by Gasteiger charge is 2.49. The number of aliphatic hydroxyl groups excluding tert-OH is 3. The molecule has 14 nitrogen and oxygen atoms in total. The third-order valence-corrected chi connectivity index (χ3v) is 9.23. The molecule has 3 saturated heterocycles. The summed E-state index contributed by atoms with van der Waals surface area (Å²) in [5.41, 5.74) is 2.27. The molecule has 0 aromatic heterocycles. The molecule has 3 aliphatic rings. The number of hydrogen-bond donors (Lipinski definition) is 5. The van der Waals surface area contributed by atoms with E-state index in [9.17, 15) is 30.3 Å². The van der Waals surface area contributed by atoms with Crippen molar-refractivity contribution in [3.8, 4) is 34.5 Å². The average Bonchev–Trinajstić information content (AvgIpc) is 3.74. The maximum atomic E-state index is 12.4. The van der Waals surface area contributed by atoms with E-state index in [4.69, 9.17) is 37.9 Å². The van der Waals surface area contributed by atoms with Gasteiger partial charge in [0.2, 0.25) is 6.29 Å². The minimum Gasteiger partial charge on any atom is -0.504 e. The summed E-state index contributed by atoms with van der Waals surface area (Å²) in [5, 5.41) is 51.6. The third-order valence-electron chi connectivity index (χ3n) is 9.23. The Balaban J connectivity index is 1.09. The predicted octanol–water partition coefficient (Wildman–Crippen LogP) is 2.64. The second-order valence-electron chi connectivity index (χ2n) is 12.2. The van der Waals surface area contributed by atoms with Crippen LogP contribution in [-0.2, 0) is 23.7 Å². The van der Waals surface area contributed by atoms with Gasteiger partial charge in [-0.05, 0) is 59.2 Å². The van der Waals surface area contributed by atoms with Crippen molar-refractivity contribution >= 4 is 12.0 Å². The first-order chi connectivity index (χ1) is 24.1. The normalized spacial score (nSPS) is 29.0. The van der Waals surface area contributed by atoms with Gasteiger partial charge in [0.1, 0.15) is 31.0 Å². The van der Waals surface area contributed by atoms with Crippen LogP contribution in [0, 0.1) is 11.8 Å². The van der Waals surface area contributed by atoms with E-state index < -0.39 is 43.3 Å². The largest absolute Gasteiger partial charge is 0.504 e.